The Morgan fingerprint density at radius 3 is 2.75 bits per heavy atom. The van der Waals surface area contributed by atoms with E-state index in [9.17, 15) is 19.3 Å². The summed E-state index contributed by atoms with van der Waals surface area (Å²) >= 11 is 0. The van der Waals surface area contributed by atoms with E-state index in [1.54, 1.807) is 23.0 Å². The number of non-ortho nitro benzene ring substituents is 1. The van der Waals surface area contributed by atoms with Crippen molar-refractivity contribution in [2.75, 3.05) is 11.9 Å². The van der Waals surface area contributed by atoms with Gasteiger partial charge in [-0.15, -0.1) is 0 Å². The quantitative estimate of drug-likeness (QED) is 0.322. The molecule has 32 heavy (non-hydrogen) atoms. The minimum Gasteiger partial charge on any atom is -0.365 e. The van der Waals surface area contributed by atoms with Crippen molar-refractivity contribution < 1.29 is 14.1 Å². The Labute approximate surface area is 181 Å². The summed E-state index contributed by atoms with van der Waals surface area (Å²) < 4.78 is 14.7. The van der Waals surface area contributed by atoms with Crippen molar-refractivity contribution in [3.8, 4) is 0 Å². The predicted molar refractivity (Wildman–Crippen MR) is 114 cm³/mol. The molecular formula is C21H18FN7O3. The van der Waals surface area contributed by atoms with E-state index < -0.39 is 10.8 Å². The molecule has 0 radical (unpaired) electrons. The number of amides is 1. The Balaban J connectivity index is 1.39. The lowest BCUT2D eigenvalue weighted by Gasteiger charge is -2.08. The van der Waals surface area contributed by atoms with Gasteiger partial charge in [0.05, 0.1) is 23.1 Å². The van der Waals surface area contributed by atoms with E-state index in [0.29, 0.717) is 29.9 Å². The van der Waals surface area contributed by atoms with Gasteiger partial charge in [0.2, 0.25) is 0 Å². The summed E-state index contributed by atoms with van der Waals surface area (Å²) in [6.07, 6.45) is 3.04. The van der Waals surface area contributed by atoms with E-state index in [4.69, 9.17) is 0 Å². The van der Waals surface area contributed by atoms with Gasteiger partial charge in [-0.3, -0.25) is 14.9 Å². The molecule has 162 valence electrons. The van der Waals surface area contributed by atoms with Crippen molar-refractivity contribution in [3.05, 3.63) is 88.1 Å². The number of anilines is 1. The normalized spacial score (nSPS) is 10.8. The fourth-order valence-corrected chi connectivity index (χ4v) is 3.12. The van der Waals surface area contributed by atoms with E-state index in [-0.39, 0.29) is 23.6 Å². The Hall–Kier alpha value is -4.41. The van der Waals surface area contributed by atoms with E-state index in [1.165, 1.54) is 42.7 Å². The number of carbonyl (C=O) groups is 1. The first-order chi connectivity index (χ1) is 15.5. The number of nitro groups is 1. The van der Waals surface area contributed by atoms with Crippen molar-refractivity contribution in [2.24, 2.45) is 0 Å². The van der Waals surface area contributed by atoms with Crippen LogP contribution in [-0.4, -0.2) is 37.1 Å². The molecule has 4 rings (SSSR count). The third-order valence-corrected chi connectivity index (χ3v) is 4.74. The first-order valence-corrected chi connectivity index (χ1v) is 9.69. The number of fused-ring (bicyclic) bond motifs is 1. The van der Waals surface area contributed by atoms with Crippen LogP contribution in [0.1, 0.15) is 15.9 Å². The maximum absolute atomic E-state index is 13.1. The van der Waals surface area contributed by atoms with Gasteiger partial charge < -0.3 is 10.6 Å². The molecule has 2 aromatic heterocycles. The second-order valence-electron chi connectivity index (χ2n) is 6.87. The summed E-state index contributed by atoms with van der Waals surface area (Å²) in [5, 5.41) is 21.8. The number of nitrogens with one attached hydrogen (secondary N) is 2. The van der Waals surface area contributed by atoms with Gasteiger partial charge in [-0.05, 0) is 23.8 Å². The molecule has 0 aliphatic rings. The minimum atomic E-state index is -0.548. The number of carbonyl (C=O) groups excluding carboxylic acids is 1. The maximum Gasteiger partial charge on any atom is 0.270 e. The molecule has 11 heteroatoms. The number of aromatic nitrogens is 4. The fraction of sp³-hybridized carbons (Fsp3) is 0.143. The summed E-state index contributed by atoms with van der Waals surface area (Å²) in [6.45, 7) is 1.05. The molecule has 0 aliphatic heterocycles. The van der Waals surface area contributed by atoms with Crippen molar-refractivity contribution in [2.45, 2.75) is 13.1 Å². The molecule has 0 aliphatic carbocycles. The van der Waals surface area contributed by atoms with Gasteiger partial charge in [0, 0.05) is 30.8 Å². The van der Waals surface area contributed by atoms with Gasteiger partial charge >= 0.3 is 0 Å². The van der Waals surface area contributed by atoms with Crippen LogP contribution in [0.3, 0.4) is 0 Å². The average Bonchev–Trinajstić information content (AvgIpc) is 3.22. The zero-order valence-corrected chi connectivity index (χ0v) is 16.7. The number of hydrogen-bond acceptors (Lipinski definition) is 7. The van der Waals surface area contributed by atoms with Crippen LogP contribution in [0.5, 0.6) is 0 Å². The summed E-state index contributed by atoms with van der Waals surface area (Å²) in [5.41, 5.74) is 1.55. The van der Waals surface area contributed by atoms with Crippen LogP contribution in [0.15, 0.2) is 61.1 Å². The molecule has 0 bridgehead atoms. The van der Waals surface area contributed by atoms with Gasteiger partial charge in [-0.2, -0.15) is 5.10 Å². The summed E-state index contributed by atoms with van der Waals surface area (Å²) in [6, 6.07) is 11.7. The molecule has 2 heterocycles. The number of halogens is 1. The van der Waals surface area contributed by atoms with Crippen molar-refractivity contribution >= 4 is 28.4 Å². The molecule has 1 amide bonds. The van der Waals surface area contributed by atoms with Gasteiger partial charge in [0.1, 0.15) is 18.0 Å². The highest BCUT2D eigenvalue weighted by Crippen LogP contribution is 2.19. The van der Waals surface area contributed by atoms with E-state index >= 15 is 0 Å². The largest absolute Gasteiger partial charge is 0.365 e. The van der Waals surface area contributed by atoms with Crippen LogP contribution in [0.4, 0.5) is 15.9 Å². The van der Waals surface area contributed by atoms with Crippen LogP contribution >= 0.6 is 0 Å². The summed E-state index contributed by atoms with van der Waals surface area (Å²) in [7, 11) is 0. The number of nitrogens with zero attached hydrogens (tertiary/aromatic N) is 5. The molecule has 2 aromatic carbocycles. The Kier molecular flexibility index (Phi) is 5.97. The van der Waals surface area contributed by atoms with Crippen molar-refractivity contribution in [1.29, 1.82) is 0 Å². The molecule has 4 aromatic rings. The van der Waals surface area contributed by atoms with Crippen LogP contribution in [0.25, 0.3) is 11.0 Å². The molecule has 0 atom stereocenters. The van der Waals surface area contributed by atoms with Crippen LogP contribution in [0.2, 0.25) is 0 Å². The van der Waals surface area contributed by atoms with Crippen LogP contribution in [-0.2, 0) is 13.1 Å². The highest BCUT2D eigenvalue weighted by atomic mass is 19.1. The molecule has 10 nitrogen and oxygen atoms in total. The van der Waals surface area contributed by atoms with E-state index in [2.05, 4.69) is 25.7 Å². The zero-order chi connectivity index (χ0) is 22.5. The Bertz CT molecular complexity index is 1270. The van der Waals surface area contributed by atoms with E-state index in [0.717, 1.165) is 5.56 Å². The zero-order valence-electron chi connectivity index (χ0n) is 16.7. The van der Waals surface area contributed by atoms with Gasteiger partial charge in [-0.25, -0.2) is 19.0 Å². The summed E-state index contributed by atoms with van der Waals surface area (Å²) in [5.74, 6) is -0.121. The highest BCUT2D eigenvalue weighted by Gasteiger charge is 2.13. The SMILES string of the molecule is O=C(NCCn1ncc2c(NCc3ccc(F)cc3)ncnc21)c1cccc([N+](=O)[O-])c1. The van der Waals surface area contributed by atoms with Gasteiger partial charge in [-0.1, -0.05) is 18.2 Å². The Morgan fingerprint density at radius 2 is 1.97 bits per heavy atom. The topological polar surface area (TPSA) is 128 Å². The van der Waals surface area contributed by atoms with Gasteiger partial charge in [0.15, 0.2) is 5.65 Å². The molecule has 0 fully saturated rings. The molecule has 0 saturated heterocycles. The standard InChI is InChI=1S/C21H18FN7O3/c22-16-6-4-14(5-7-16)11-24-19-18-12-27-28(20(18)26-13-25-19)9-8-23-21(30)15-2-1-3-17(10-15)29(31)32/h1-7,10,12-13H,8-9,11H2,(H,23,30)(H,24,25,26). The lowest BCUT2D eigenvalue weighted by atomic mass is 10.2. The minimum absolute atomic E-state index is 0.145. The second kappa shape index (κ2) is 9.16. The maximum atomic E-state index is 13.1. The number of hydrogen-bond donors (Lipinski definition) is 2. The molecule has 0 saturated carbocycles. The molecular weight excluding hydrogens is 417 g/mol. The third-order valence-electron chi connectivity index (χ3n) is 4.74. The predicted octanol–water partition coefficient (Wildman–Crippen LogP) is 2.92. The third kappa shape index (κ3) is 4.67. The van der Waals surface area contributed by atoms with Crippen molar-refractivity contribution in [3.63, 3.8) is 0 Å². The molecule has 0 spiro atoms. The highest BCUT2D eigenvalue weighted by molar-refractivity contribution is 5.94. The first kappa shape index (κ1) is 20.8. The first-order valence-electron chi connectivity index (χ1n) is 9.69. The van der Waals surface area contributed by atoms with Crippen molar-refractivity contribution in [1.82, 2.24) is 25.1 Å². The monoisotopic (exact) mass is 435 g/mol. The number of rotatable bonds is 8. The van der Waals surface area contributed by atoms with Crippen LogP contribution in [0, 0.1) is 15.9 Å². The fourth-order valence-electron chi connectivity index (χ4n) is 3.12. The number of nitro benzene ring substituents is 1. The summed E-state index contributed by atoms with van der Waals surface area (Å²) in [4.78, 5) is 31.1. The van der Waals surface area contributed by atoms with Crippen LogP contribution < -0.4 is 10.6 Å². The van der Waals surface area contributed by atoms with E-state index in [1.807, 2.05) is 0 Å². The Morgan fingerprint density at radius 1 is 1.16 bits per heavy atom. The smallest absolute Gasteiger partial charge is 0.270 e. The average molecular weight is 435 g/mol. The lowest BCUT2D eigenvalue weighted by Crippen LogP contribution is -2.27. The lowest BCUT2D eigenvalue weighted by molar-refractivity contribution is -0.384. The second-order valence-corrected chi connectivity index (χ2v) is 6.87. The number of benzene rings is 2. The van der Waals surface area contributed by atoms with Gasteiger partial charge in [0.25, 0.3) is 11.6 Å². The molecule has 2 N–H and O–H groups in total. The molecule has 0 unspecified atom stereocenters.